The second kappa shape index (κ2) is 3.35. The van der Waals surface area contributed by atoms with E-state index in [0.717, 1.165) is 11.0 Å². The van der Waals surface area contributed by atoms with Gasteiger partial charge in [0, 0.05) is 7.05 Å². The summed E-state index contributed by atoms with van der Waals surface area (Å²) in [5.41, 5.74) is 1.91. The fourth-order valence-corrected chi connectivity index (χ4v) is 1.35. The first-order valence-corrected chi connectivity index (χ1v) is 4.19. The molecule has 0 aliphatic rings. The van der Waals surface area contributed by atoms with E-state index in [2.05, 4.69) is 16.8 Å². The lowest BCUT2D eigenvalue weighted by Gasteiger charge is -1.93. The number of carbonyl (C=O) groups excluding carboxylic acids is 1. The molecule has 1 aromatic carbocycles. The predicted molar refractivity (Wildman–Crippen MR) is 53.7 cm³/mol. The molecule has 0 aliphatic heterocycles. The van der Waals surface area contributed by atoms with Crippen molar-refractivity contribution in [1.82, 2.24) is 9.55 Å². The lowest BCUT2D eigenvalue weighted by Crippen LogP contribution is -1.91. The summed E-state index contributed by atoms with van der Waals surface area (Å²) in [4.78, 5) is 14.4. The van der Waals surface area contributed by atoms with Gasteiger partial charge in [-0.15, -0.1) is 0 Å². The van der Waals surface area contributed by atoms with Crippen LogP contribution in [0.15, 0.2) is 24.3 Å². The average molecular weight is 184 g/mol. The lowest BCUT2D eigenvalue weighted by molar-refractivity contribution is -0.103. The van der Waals surface area contributed by atoms with E-state index >= 15 is 0 Å². The summed E-state index contributed by atoms with van der Waals surface area (Å²) in [5.74, 6) is 5.65. The minimum absolute atomic E-state index is 0.569. The number of aromatic nitrogens is 2. The summed E-state index contributed by atoms with van der Waals surface area (Å²) in [6.45, 7) is 0. The second-order valence-corrected chi connectivity index (χ2v) is 2.87. The van der Waals surface area contributed by atoms with E-state index in [-0.39, 0.29) is 0 Å². The third-order valence-corrected chi connectivity index (χ3v) is 2.03. The third kappa shape index (κ3) is 1.27. The Labute approximate surface area is 81.4 Å². The van der Waals surface area contributed by atoms with E-state index in [1.165, 1.54) is 0 Å². The van der Waals surface area contributed by atoms with Crippen LogP contribution in [-0.4, -0.2) is 15.8 Å². The normalized spacial score (nSPS) is 9.50. The average Bonchev–Trinajstić information content (AvgIpc) is 2.54. The molecular formula is C11H8N2O. The molecule has 1 aromatic heterocycles. The van der Waals surface area contributed by atoms with E-state index in [1.807, 2.05) is 35.9 Å². The molecule has 3 heteroatoms. The Morgan fingerprint density at radius 1 is 1.43 bits per heavy atom. The van der Waals surface area contributed by atoms with Crippen LogP contribution >= 0.6 is 0 Å². The summed E-state index contributed by atoms with van der Waals surface area (Å²) in [7, 11) is 1.88. The van der Waals surface area contributed by atoms with Gasteiger partial charge < -0.3 is 4.57 Å². The highest BCUT2D eigenvalue weighted by molar-refractivity contribution is 5.78. The summed E-state index contributed by atoms with van der Waals surface area (Å²) in [6.07, 6.45) is 0.569. The zero-order valence-electron chi connectivity index (χ0n) is 7.69. The molecule has 0 aliphatic carbocycles. The van der Waals surface area contributed by atoms with Crippen LogP contribution in [0.1, 0.15) is 5.82 Å². The Kier molecular flexibility index (Phi) is 2.04. The highest BCUT2D eigenvalue weighted by Gasteiger charge is 2.03. The number of para-hydroxylation sites is 2. The number of hydrogen-bond donors (Lipinski definition) is 0. The highest BCUT2D eigenvalue weighted by Crippen LogP contribution is 2.12. The number of fused-ring (bicyclic) bond motifs is 1. The van der Waals surface area contributed by atoms with Crippen molar-refractivity contribution in [3.05, 3.63) is 30.1 Å². The molecular weight excluding hydrogens is 176 g/mol. The Morgan fingerprint density at radius 3 is 2.93 bits per heavy atom. The maximum absolute atomic E-state index is 10.1. The molecule has 2 aromatic rings. The molecule has 0 N–H and O–H groups in total. The molecule has 3 nitrogen and oxygen atoms in total. The molecule has 1 heterocycles. The monoisotopic (exact) mass is 184 g/mol. The second-order valence-electron chi connectivity index (χ2n) is 2.87. The number of rotatable bonds is 0. The van der Waals surface area contributed by atoms with E-state index in [1.54, 1.807) is 0 Å². The Hall–Kier alpha value is -2.08. The van der Waals surface area contributed by atoms with Crippen LogP contribution in [0.2, 0.25) is 0 Å². The first-order valence-electron chi connectivity index (χ1n) is 4.19. The van der Waals surface area contributed by atoms with Crippen LogP contribution in [-0.2, 0) is 11.8 Å². The number of nitrogens with zero attached hydrogens (tertiary/aromatic N) is 2. The van der Waals surface area contributed by atoms with Crippen molar-refractivity contribution in [1.29, 1.82) is 0 Å². The van der Waals surface area contributed by atoms with Crippen molar-refractivity contribution in [2.75, 3.05) is 0 Å². The molecule has 68 valence electrons. The molecule has 14 heavy (non-hydrogen) atoms. The number of imidazole rings is 1. The van der Waals surface area contributed by atoms with Gasteiger partial charge in [0.2, 0.25) is 0 Å². The molecule has 0 bridgehead atoms. The summed E-state index contributed by atoms with van der Waals surface area (Å²) < 4.78 is 1.87. The smallest absolute Gasteiger partial charge is 0.193 e. The third-order valence-electron chi connectivity index (χ3n) is 2.03. The van der Waals surface area contributed by atoms with Gasteiger partial charge in [-0.05, 0) is 24.0 Å². The summed E-state index contributed by atoms with van der Waals surface area (Å²) in [6, 6.07) is 7.75. The van der Waals surface area contributed by atoms with E-state index in [4.69, 9.17) is 0 Å². The first kappa shape index (κ1) is 8.52. The molecule has 0 radical (unpaired) electrons. The van der Waals surface area contributed by atoms with Crippen molar-refractivity contribution in [2.24, 2.45) is 7.05 Å². The summed E-state index contributed by atoms with van der Waals surface area (Å²) in [5, 5.41) is 0. The molecule has 0 spiro atoms. The van der Waals surface area contributed by atoms with Crippen molar-refractivity contribution in [2.45, 2.75) is 0 Å². The van der Waals surface area contributed by atoms with Crippen molar-refractivity contribution in [3.63, 3.8) is 0 Å². The van der Waals surface area contributed by atoms with Crippen LogP contribution in [0.25, 0.3) is 11.0 Å². The number of carbonyl (C=O) groups is 1. The van der Waals surface area contributed by atoms with Gasteiger partial charge >= 0.3 is 0 Å². The van der Waals surface area contributed by atoms with Gasteiger partial charge in [0.25, 0.3) is 0 Å². The molecule has 0 saturated carbocycles. The lowest BCUT2D eigenvalue weighted by atomic mass is 10.3. The van der Waals surface area contributed by atoms with Gasteiger partial charge in [0.05, 0.1) is 11.0 Å². The van der Waals surface area contributed by atoms with Gasteiger partial charge in [0.15, 0.2) is 12.1 Å². The minimum atomic E-state index is 0.569. The standard InChI is InChI=1S/C11H8N2O/c1-13-10-6-3-2-5-9(10)12-11(13)7-4-8-14/h2-3,5-6,8H,1H3. The molecule has 0 fully saturated rings. The fraction of sp³-hybridized carbons (Fsp3) is 0.0909. The van der Waals surface area contributed by atoms with Crippen LogP contribution in [0, 0.1) is 11.8 Å². The predicted octanol–water partition coefficient (Wildman–Crippen LogP) is 1.12. The van der Waals surface area contributed by atoms with Crippen molar-refractivity contribution >= 4 is 17.3 Å². The molecule has 0 atom stereocenters. The van der Waals surface area contributed by atoms with Gasteiger partial charge in [-0.2, -0.15) is 0 Å². The Balaban J connectivity index is 2.68. The zero-order valence-corrected chi connectivity index (χ0v) is 7.69. The first-order chi connectivity index (χ1) is 6.83. The zero-order chi connectivity index (χ0) is 9.97. The largest absolute Gasteiger partial charge is 0.320 e. The van der Waals surface area contributed by atoms with E-state index < -0.39 is 0 Å². The number of aryl methyl sites for hydroxylation is 1. The summed E-state index contributed by atoms with van der Waals surface area (Å²) >= 11 is 0. The number of aldehydes is 1. The number of benzene rings is 1. The molecule has 0 saturated heterocycles. The minimum Gasteiger partial charge on any atom is -0.320 e. The highest BCUT2D eigenvalue weighted by atomic mass is 16.1. The molecule has 0 amide bonds. The van der Waals surface area contributed by atoms with Crippen LogP contribution < -0.4 is 0 Å². The van der Waals surface area contributed by atoms with Gasteiger partial charge in [-0.25, -0.2) is 4.98 Å². The van der Waals surface area contributed by atoms with Gasteiger partial charge in [-0.3, -0.25) is 4.79 Å². The van der Waals surface area contributed by atoms with E-state index in [0.29, 0.717) is 12.1 Å². The topological polar surface area (TPSA) is 34.9 Å². The van der Waals surface area contributed by atoms with E-state index in [9.17, 15) is 4.79 Å². The maximum Gasteiger partial charge on any atom is 0.193 e. The molecule has 0 unspecified atom stereocenters. The van der Waals surface area contributed by atoms with Crippen molar-refractivity contribution < 1.29 is 4.79 Å². The molecule has 2 rings (SSSR count). The van der Waals surface area contributed by atoms with Crippen LogP contribution in [0.4, 0.5) is 0 Å². The van der Waals surface area contributed by atoms with Gasteiger partial charge in [-0.1, -0.05) is 12.1 Å². The number of hydrogen-bond acceptors (Lipinski definition) is 2. The van der Waals surface area contributed by atoms with Crippen LogP contribution in [0.3, 0.4) is 0 Å². The fourth-order valence-electron chi connectivity index (χ4n) is 1.35. The Morgan fingerprint density at radius 2 is 2.21 bits per heavy atom. The quantitative estimate of drug-likeness (QED) is 0.454. The van der Waals surface area contributed by atoms with Gasteiger partial charge in [0.1, 0.15) is 0 Å². The maximum atomic E-state index is 10.1. The Bertz CT molecular complexity index is 543. The SMILES string of the molecule is Cn1c(C#CC=O)nc2ccccc21. The van der Waals surface area contributed by atoms with Crippen LogP contribution in [0.5, 0.6) is 0 Å². The van der Waals surface area contributed by atoms with Crippen molar-refractivity contribution in [3.8, 4) is 11.8 Å².